The van der Waals surface area contributed by atoms with E-state index in [2.05, 4.69) is 47.6 Å². The van der Waals surface area contributed by atoms with E-state index in [1.807, 2.05) is 26.0 Å². The summed E-state index contributed by atoms with van der Waals surface area (Å²) in [6, 6.07) is 10.3. The van der Waals surface area contributed by atoms with Gasteiger partial charge in [-0.15, -0.1) is 0 Å². The van der Waals surface area contributed by atoms with Gasteiger partial charge in [0.15, 0.2) is 0 Å². The Hall–Kier alpha value is -2.16. The predicted octanol–water partition coefficient (Wildman–Crippen LogP) is 5.05. The molecule has 3 unspecified atom stereocenters. The third-order valence-electron chi connectivity index (χ3n) is 6.51. The van der Waals surface area contributed by atoms with Crippen LogP contribution in [0.3, 0.4) is 0 Å². The quantitative estimate of drug-likeness (QED) is 0.539. The summed E-state index contributed by atoms with van der Waals surface area (Å²) < 4.78 is 2.21. The van der Waals surface area contributed by atoms with Crippen molar-refractivity contribution in [3.8, 4) is 0 Å². The molecule has 25 heavy (non-hydrogen) atoms. The average molecular weight is 334 g/mol. The lowest BCUT2D eigenvalue weighted by Gasteiger charge is -2.36. The summed E-state index contributed by atoms with van der Waals surface area (Å²) >= 11 is 0. The highest BCUT2D eigenvalue weighted by atomic mass is 16.1. The SMILES string of the molecule is CC.CC1C2CCCC1(C)c1c2n2ccc3ccccc3c2nc1=O. The van der Waals surface area contributed by atoms with E-state index in [-0.39, 0.29) is 11.0 Å². The van der Waals surface area contributed by atoms with Gasteiger partial charge < -0.3 is 4.40 Å². The Morgan fingerprint density at radius 1 is 1.20 bits per heavy atom. The van der Waals surface area contributed by atoms with Gasteiger partial charge in [0.2, 0.25) is 0 Å². The number of benzene rings is 1. The first kappa shape index (κ1) is 16.3. The Bertz CT molecular complexity index is 1020. The fourth-order valence-corrected chi connectivity index (χ4v) is 5.13. The van der Waals surface area contributed by atoms with E-state index < -0.39 is 0 Å². The summed E-state index contributed by atoms with van der Waals surface area (Å²) in [5, 5.41) is 2.20. The van der Waals surface area contributed by atoms with Crippen LogP contribution in [0.15, 0.2) is 41.3 Å². The van der Waals surface area contributed by atoms with Crippen LogP contribution >= 0.6 is 0 Å². The Balaban J connectivity index is 0.000000758. The number of rotatable bonds is 0. The molecule has 1 fully saturated rings. The van der Waals surface area contributed by atoms with Crippen molar-refractivity contribution in [2.24, 2.45) is 5.92 Å². The molecule has 1 saturated carbocycles. The van der Waals surface area contributed by atoms with Gasteiger partial charge in [0, 0.05) is 34.2 Å². The number of hydrogen-bond acceptors (Lipinski definition) is 2. The second-order valence-corrected chi connectivity index (χ2v) is 7.48. The minimum absolute atomic E-state index is 0.00453. The molecule has 2 bridgehead atoms. The fraction of sp³-hybridized carbons (Fsp3) is 0.455. The van der Waals surface area contributed by atoms with Crippen LogP contribution in [0.1, 0.15) is 64.1 Å². The van der Waals surface area contributed by atoms with E-state index in [1.54, 1.807) is 0 Å². The van der Waals surface area contributed by atoms with Crippen LogP contribution in [0.4, 0.5) is 0 Å². The van der Waals surface area contributed by atoms with Gasteiger partial charge in [-0.3, -0.25) is 4.79 Å². The third-order valence-corrected chi connectivity index (χ3v) is 6.51. The Labute approximate surface area is 148 Å². The van der Waals surface area contributed by atoms with Crippen molar-refractivity contribution >= 4 is 16.4 Å². The van der Waals surface area contributed by atoms with Gasteiger partial charge in [-0.2, -0.15) is 4.98 Å². The minimum Gasteiger partial charge on any atom is -0.304 e. The molecule has 5 rings (SSSR count). The maximum Gasteiger partial charge on any atom is 0.277 e. The van der Waals surface area contributed by atoms with Crippen molar-refractivity contribution < 1.29 is 0 Å². The third kappa shape index (κ3) is 2.04. The van der Waals surface area contributed by atoms with Gasteiger partial charge in [0.1, 0.15) is 5.65 Å². The molecular formula is C22H26N2O. The lowest BCUT2D eigenvalue weighted by molar-refractivity contribution is 0.221. The predicted molar refractivity (Wildman–Crippen MR) is 103 cm³/mol. The molecule has 1 aromatic carbocycles. The molecular weight excluding hydrogens is 308 g/mol. The van der Waals surface area contributed by atoms with Crippen LogP contribution in [-0.4, -0.2) is 9.38 Å². The van der Waals surface area contributed by atoms with E-state index in [4.69, 9.17) is 0 Å². The first-order valence-electron chi connectivity index (χ1n) is 9.56. The van der Waals surface area contributed by atoms with Gasteiger partial charge in [-0.05, 0) is 30.2 Å². The van der Waals surface area contributed by atoms with Gasteiger partial charge >= 0.3 is 0 Å². The maximum absolute atomic E-state index is 12.9. The van der Waals surface area contributed by atoms with Crippen LogP contribution in [-0.2, 0) is 5.41 Å². The second kappa shape index (κ2) is 5.69. The highest BCUT2D eigenvalue weighted by Gasteiger charge is 2.52. The molecule has 3 atom stereocenters. The molecule has 2 aliphatic carbocycles. The number of aromatic nitrogens is 2. The first-order chi connectivity index (χ1) is 12.1. The van der Waals surface area contributed by atoms with Crippen molar-refractivity contribution in [2.45, 2.75) is 58.3 Å². The molecule has 2 heterocycles. The van der Waals surface area contributed by atoms with Crippen molar-refractivity contribution in [2.75, 3.05) is 0 Å². The van der Waals surface area contributed by atoms with Crippen molar-refractivity contribution in [3.05, 3.63) is 58.1 Å². The smallest absolute Gasteiger partial charge is 0.277 e. The molecule has 3 heteroatoms. The number of nitrogens with zero attached hydrogens (tertiary/aromatic N) is 2. The van der Waals surface area contributed by atoms with Gasteiger partial charge in [-0.25, -0.2) is 0 Å². The summed E-state index contributed by atoms with van der Waals surface area (Å²) in [6.45, 7) is 8.59. The van der Waals surface area contributed by atoms with Crippen LogP contribution in [0, 0.1) is 5.92 Å². The topological polar surface area (TPSA) is 34.4 Å². The Morgan fingerprint density at radius 2 is 1.96 bits per heavy atom. The number of fused-ring (bicyclic) bond motifs is 9. The summed E-state index contributed by atoms with van der Waals surface area (Å²) in [4.78, 5) is 17.5. The Kier molecular flexibility index (Phi) is 3.71. The zero-order valence-electron chi connectivity index (χ0n) is 15.5. The summed E-state index contributed by atoms with van der Waals surface area (Å²) in [5.41, 5.74) is 3.03. The van der Waals surface area contributed by atoms with Crippen molar-refractivity contribution in [1.29, 1.82) is 0 Å². The number of pyridine rings is 1. The van der Waals surface area contributed by atoms with E-state index in [0.29, 0.717) is 11.8 Å². The molecule has 3 nitrogen and oxygen atoms in total. The zero-order valence-corrected chi connectivity index (χ0v) is 15.5. The van der Waals surface area contributed by atoms with Crippen LogP contribution in [0.25, 0.3) is 16.4 Å². The van der Waals surface area contributed by atoms with Crippen LogP contribution < -0.4 is 5.56 Å². The van der Waals surface area contributed by atoms with Crippen LogP contribution in [0.2, 0.25) is 0 Å². The lowest BCUT2D eigenvalue weighted by Crippen LogP contribution is -2.34. The first-order valence-corrected chi connectivity index (χ1v) is 9.56. The summed E-state index contributed by atoms with van der Waals surface area (Å²) in [5.74, 6) is 0.999. The van der Waals surface area contributed by atoms with E-state index in [9.17, 15) is 4.79 Å². The maximum atomic E-state index is 12.9. The molecule has 0 saturated heterocycles. The molecule has 2 aromatic heterocycles. The largest absolute Gasteiger partial charge is 0.304 e. The molecule has 0 N–H and O–H groups in total. The molecule has 3 aromatic rings. The fourth-order valence-electron chi connectivity index (χ4n) is 5.13. The van der Waals surface area contributed by atoms with E-state index in [1.165, 1.54) is 18.5 Å². The average Bonchev–Trinajstić information content (AvgIpc) is 2.77. The highest BCUT2D eigenvalue weighted by molar-refractivity contribution is 5.93. The molecule has 0 aliphatic heterocycles. The zero-order chi connectivity index (χ0) is 17.8. The molecule has 130 valence electrons. The van der Waals surface area contributed by atoms with Crippen molar-refractivity contribution in [3.63, 3.8) is 0 Å². The second-order valence-electron chi connectivity index (χ2n) is 7.48. The molecule has 0 amide bonds. The van der Waals surface area contributed by atoms with Gasteiger partial charge in [0.25, 0.3) is 5.56 Å². The summed E-state index contributed by atoms with van der Waals surface area (Å²) in [6.07, 6.45) is 5.60. The van der Waals surface area contributed by atoms with Crippen molar-refractivity contribution in [1.82, 2.24) is 9.38 Å². The van der Waals surface area contributed by atoms with Gasteiger partial charge in [-0.1, -0.05) is 58.4 Å². The van der Waals surface area contributed by atoms with E-state index >= 15 is 0 Å². The summed E-state index contributed by atoms with van der Waals surface area (Å²) in [7, 11) is 0. The standard InChI is InChI=1S/C20H20N2O.C2H6/c1-12-14-8-5-10-20(12,2)16-17(14)22-11-9-13-6-3-4-7-15(13)18(22)21-19(16)23;1-2/h3-4,6-7,9,11-12,14H,5,8,10H2,1-2H3;1-2H3. The van der Waals surface area contributed by atoms with E-state index in [0.717, 1.165) is 28.4 Å². The molecule has 0 spiro atoms. The number of hydrogen-bond donors (Lipinski definition) is 0. The minimum atomic E-state index is -0.00479. The molecule has 0 radical (unpaired) electrons. The highest BCUT2D eigenvalue weighted by Crippen LogP contribution is 2.56. The lowest BCUT2D eigenvalue weighted by atomic mass is 9.67. The molecule has 2 aliphatic rings. The Morgan fingerprint density at radius 3 is 2.76 bits per heavy atom. The van der Waals surface area contributed by atoms with Gasteiger partial charge in [0.05, 0.1) is 0 Å². The van der Waals surface area contributed by atoms with Crippen LogP contribution in [0.5, 0.6) is 0 Å². The monoisotopic (exact) mass is 334 g/mol. The normalized spacial score (nSPS) is 27.0.